The molecule has 0 N–H and O–H groups in total. The number of hydrogen-bond donors (Lipinski definition) is 0. The number of hydrogen-bond acceptors (Lipinski definition) is 4. The van der Waals surface area contributed by atoms with Crippen molar-refractivity contribution in [1.29, 1.82) is 0 Å². The Morgan fingerprint density at radius 2 is 2.21 bits per heavy atom. The topological polar surface area (TPSA) is 50.3 Å². The zero-order chi connectivity index (χ0) is 14.0. The van der Waals surface area contributed by atoms with Crippen molar-refractivity contribution in [1.82, 2.24) is 9.29 Å². The van der Waals surface area contributed by atoms with Gasteiger partial charge in [0.05, 0.1) is 8.68 Å². The Hall–Kier alpha value is -0.470. The van der Waals surface area contributed by atoms with E-state index >= 15 is 0 Å². The van der Waals surface area contributed by atoms with Crippen LogP contribution in [-0.2, 0) is 16.6 Å². The Bertz CT molecular complexity index is 688. The van der Waals surface area contributed by atoms with E-state index in [2.05, 4.69) is 20.9 Å². The Kier molecular flexibility index (Phi) is 4.62. The molecule has 102 valence electrons. The van der Waals surface area contributed by atoms with Gasteiger partial charge in [0, 0.05) is 19.8 Å². The smallest absolute Gasteiger partial charge is 0.243 e. The number of pyridine rings is 1. The summed E-state index contributed by atoms with van der Waals surface area (Å²) < 4.78 is 26.9. The van der Waals surface area contributed by atoms with Gasteiger partial charge in [0.2, 0.25) is 10.0 Å². The SMILES string of the molecule is CN(Cc1csc(Br)c1)S(=O)(=O)c1ccnc(Cl)c1. The summed E-state index contributed by atoms with van der Waals surface area (Å²) in [5.41, 5.74) is 0.933. The minimum Gasteiger partial charge on any atom is -0.244 e. The van der Waals surface area contributed by atoms with Crippen molar-refractivity contribution in [2.75, 3.05) is 7.05 Å². The molecular weight excluding hydrogens is 372 g/mol. The predicted molar refractivity (Wildman–Crippen MR) is 79.9 cm³/mol. The largest absolute Gasteiger partial charge is 0.244 e. The first-order valence-corrected chi connectivity index (χ1v) is 8.69. The molecule has 4 nitrogen and oxygen atoms in total. The zero-order valence-electron chi connectivity index (χ0n) is 9.88. The molecule has 0 fully saturated rings. The summed E-state index contributed by atoms with van der Waals surface area (Å²) in [6.45, 7) is 0.310. The van der Waals surface area contributed by atoms with Crippen molar-refractivity contribution in [2.24, 2.45) is 0 Å². The number of sulfonamides is 1. The minimum atomic E-state index is -3.55. The molecule has 2 heterocycles. The lowest BCUT2D eigenvalue weighted by Gasteiger charge is -2.16. The van der Waals surface area contributed by atoms with Crippen molar-refractivity contribution in [3.63, 3.8) is 0 Å². The molecule has 0 aromatic carbocycles. The Morgan fingerprint density at radius 1 is 1.47 bits per heavy atom. The number of rotatable bonds is 4. The van der Waals surface area contributed by atoms with E-state index in [4.69, 9.17) is 11.6 Å². The van der Waals surface area contributed by atoms with Gasteiger partial charge in [-0.15, -0.1) is 11.3 Å². The summed E-state index contributed by atoms with van der Waals surface area (Å²) in [5, 5.41) is 2.07. The average molecular weight is 382 g/mol. The second kappa shape index (κ2) is 5.88. The van der Waals surface area contributed by atoms with E-state index in [1.807, 2.05) is 11.4 Å². The maximum absolute atomic E-state index is 12.3. The fourth-order valence-corrected chi connectivity index (χ4v) is 4.11. The monoisotopic (exact) mass is 380 g/mol. The van der Waals surface area contributed by atoms with Crippen LogP contribution in [0.1, 0.15) is 5.56 Å². The molecule has 0 radical (unpaired) electrons. The van der Waals surface area contributed by atoms with Crippen LogP contribution in [0.2, 0.25) is 5.15 Å². The molecule has 2 rings (SSSR count). The van der Waals surface area contributed by atoms with E-state index in [1.165, 1.54) is 41.0 Å². The molecule has 0 spiro atoms. The summed E-state index contributed by atoms with van der Waals surface area (Å²) in [6.07, 6.45) is 1.38. The Labute approximate surface area is 129 Å². The highest BCUT2D eigenvalue weighted by molar-refractivity contribution is 9.11. The third-order valence-electron chi connectivity index (χ3n) is 2.43. The van der Waals surface area contributed by atoms with Crippen LogP contribution in [0.15, 0.2) is 38.5 Å². The lowest BCUT2D eigenvalue weighted by Crippen LogP contribution is -2.26. The van der Waals surface area contributed by atoms with Gasteiger partial charge in [-0.05, 0) is 45.1 Å². The number of nitrogens with zero attached hydrogens (tertiary/aromatic N) is 2. The van der Waals surface area contributed by atoms with Crippen molar-refractivity contribution >= 4 is 48.9 Å². The molecule has 0 unspecified atom stereocenters. The van der Waals surface area contributed by atoms with Crippen LogP contribution in [0.5, 0.6) is 0 Å². The van der Waals surface area contributed by atoms with Crippen LogP contribution in [0, 0.1) is 0 Å². The van der Waals surface area contributed by atoms with E-state index in [0.29, 0.717) is 6.54 Å². The second-order valence-corrected chi connectivity index (χ2v) is 8.56. The normalized spacial score (nSPS) is 12.0. The molecule has 0 amide bonds. The highest BCUT2D eigenvalue weighted by atomic mass is 79.9. The Morgan fingerprint density at radius 3 is 2.79 bits per heavy atom. The quantitative estimate of drug-likeness (QED) is 0.763. The first-order valence-electron chi connectivity index (χ1n) is 5.20. The van der Waals surface area contributed by atoms with Crippen LogP contribution < -0.4 is 0 Å². The molecule has 2 aromatic heterocycles. The van der Waals surface area contributed by atoms with Gasteiger partial charge in [0.15, 0.2) is 0 Å². The van der Waals surface area contributed by atoms with Crippen molar-refractivity contribution < 1.29 is 8.42 Å². The maximum Gasteiger partial charge on any atom is 0.243 e. The molecule has 2 aromatic rings. The molecule has 0 aliphatic rings. The fourth-order valence-electron chi connectivity index (χ4n) is 1.50. The third kappa shape index (κ3) is 3.55. The third-order valence-corrected chi connectivity index (χ3v) is 5.99. The zero-order valence-corrected chi connectivity index (χ0v) is 13.9. The maximum atomic E-state index is 12.3. The molecule has 0 saturated heterocycles. The summed E-state index contributed by atoms with van der Waals surface area (Å²) in [7, 11) is -2.02. The van der Waals surface area contributed by atoms with Gasteiger partial charge in [-0.3, -0.25) is 0 Å². The highest BCUT2D eigenvalue weighted by Gasteiger charge is 2.21. The first kappa shape index (κ1) is 14.9. The second-order valence-electron chi connectivity index (χ2n) is 3.83. The molecule has 8 heteroatoms. The lowest BCUT2D eigenvalue weighted by atomic mass is 10.3. The van der Waals surface area contributed by atoms with E-state index in [1.54, 1.807) is 0 Å². The first-order chi connectivity index (χ1) is 8.89. The minimum absolute atomic E-state index is 0.143. The van der Waals surface area contributed by atoms with E-state index in [-0.39, 0.29) is 10.0 Å². The average Bonchev–Trinajstić information content (AvgIpc) is 2.74. The van der Waals surface area contributed by atoms with Crippen LogP contribution in [0.25, 0.3) is 0 Å². The van der Waals surface area contributed by atoms with E-state index < -0.39 is 10.0 Å². The molecule has 0 aliphatic heterocycles. The summed E-state index contributed by atoms with van der Waals surface area (Å²) >= 11 is 10.6. The molecular formula is C11H10BrClN2O2S2. The van der Waals surface area contributed by atoms with Gasteiger partial charge in [-0.1, -0.05) is 11.6 Å². The van der Waals surface area contributed by atoms with Gasteiger partial charge in [-0.25, -0.2) is 13.4 Å². The number of aromatic nitrogens is 1. The van der Waals surface area contributed by atoms with Crippen molar-refractivity contribution in [3.8, 4) is 0 Å². The lowest BCUT2D eigenvalue weighted by molar-refractivity contribution is 0.467. The summed E-state index contributed by atoms with van der Waals surface area (Å²) in [6, 6.07) is 4.67. The van der Waals surface area contributed by atoms with Crippen molar-refractivity contribution in [2.45, 2.75) is 11.4 Å². The summed E-state index contributed by atoms with van der Waals surface area (Å²) in [4.78, 5) is 3.92. The van der Waals surface area contributed by atoms with Crippen molar-refractivity contribution in [3.05, 3.63) is 44.3 Å². The molecule has 0 bridgehead atoms. The van der Waals surface area contributed by atoms with E-state index in [9.17, 15) is 8.42 Å². The van der Waals surface area contributed by atoms with Crippen LogP contribution in [0.4, 0.5) is 0 Å². The standard InChI is InChI=1S/C11H10BrClN2O2S2/c1-15(6-8-4-10(12)18-7-8)19(16,17)9-2-3-14-11(13)5-9/h2-5,7H,6H2,1H3. The van der Waals surface area contributed by atoms with Gasteiger partial charge in [-0.2, -0.15) is 4.31 Å². The Balaban J connectivity index is 2.24. The van der Waals surface area contributed by atoms with Crippen LogP contribution in [-0.4, -0.2) is 24.8 Å². The van der Waals surface area contributed by atoms with Gasteiger partial charge in [0.25, 0.3) is 0 Å². The van der Waals surface area contributed by atoms with Gasteiger partial charge in [0.1, 0.15) is 5.15 Å². The number of thiophene rings is 1. The molecule has 0 saturated carbocycles. The van der Waals surface area contributed by atoms with E-state index in [0.717, 1.165) is 9.35 Å². The van der Waals surface area contributed by atoms with Gasteiger partial charge < -0.3 is 0 Å². The fraction of sp³-hybridized carbons (Fsp3) is 0.182. The molecule has 0 aliphatic carbocycles. The molecule has 19 heavy (non-hydrogen) atoms. The van der Waals surface area contributed by atoms with Crippen LogP contribution >= 0.6 is 38.9 Å². The number of halogens is 2. The molecule has 0 atom stereocenters. The van der Waals surface area contributed by atoms with Gasteiger partial charge >= 0.3 is 0 Å². The summed E-state index contributed by atoms with van der Waals surface area (Å²) in [5.74, 6) is 0. The predicted octanol–water partition coefficient (Wildman–Crippen LogP) is 3.38. The van der Waals surface area contributed by atoms with Crippen LogP contribution in [0.3, 0.4) is 0 Å². The highest BCUT2D eigenvalue weighted by Crippen LogP contribution is 2.24.